The van der Waals surface area contributed by atoms with Crippen LogP contribution in [0.3, 0.4) is 0 Å². The van der Waals surface area contributed by atoms with E-state index in [9.17, 15) is 38.7 Å². The van der Waals surface area contributed by atoms with Gasteiger partial charge in [-0.1, -0.05) is 0 Å². The smallest absolute Gasteiger partial charge is 0.303 e. The van der Waals surface area contributed by atoms with Gasteiger partial charge in [-0.2, -0.15) is 0 Å². The molecule has 0 amide bonds. The minimum atomic E-state index is -1.90. The molecule has 44 heavy (non-hydrogen) atoms. The monoisotopic (exact) mass is 636 g/mol. The SMILES string of the molecule is CC(=O)OC[C@H]1O[C@@H](O)[C@H](OC(C)=O)[C@@H](OC(C)=O)[C@H]1O[C@@H]1O[C@H](COC(C)=O)[C@H](OC(C)=O)[C@H](OC(C)=O)[C@H]1OC(C)=O. The Labute approximate surface area is 251 Å². The van der Waals surface area contributed by atoms with Gasteiger partial charge in [0.15, 0.2) is 43.1 Å². The zero-order chi connectivity index (χ0) is 33.3. The Morgan fingerprint density at radius 1 is 0.477 bits per heavy atom. The lowest BCUT2D eigenvalue weighted by Gasteiger charge is -2.48. The molecule has 2 fully saturated rings. The second kappa shape index (κ2) is 16.3. The first-order valence-corrected chi connectivity index (χ1v) is 13.3. The molecule has 10 atom stereocenters. The van der Waals surface area contributed by atoms with Crippen LogP contribution < -0.4 is 0 Å². The molecule has 18 heteroatoms. The largest absolute Gasteiger partial charge is 0.463 e. The summed E-state index contributed by atoms with van der Waals surface area (Å²) in [6.07, 6.45) is -16.3. The first-order valence-electron chi connectivity index (χ1n) is 13.3. The molecule has 0 radical (unpaired) electrons. The summed E-state index contributed by atoms with van der Waals surface area (Å²) in [7, 11) is 0. The molecule has 1 N–H and O–H groups in total. The molecule has 2 heterocycles. The maximum atomic E-state index is 12.2. The van der Waals surface area contributed by atoms with Crippen molar-refractivity contribution in [3.63, 3.8) is 0 Å². The van der Waals surface area contributed by atoms with Gasteiger partial charge in [0.2, 0.25) is 0 Å². The molecule has 2 saturated heterocycles. The molecular weight excluding hydrogens is 600 g/mol. The van der Waals surface area contributed by atoms with Gasteiger partial charge in [-0.15, -0.1) is 0 Å². The van der Waals surface area contributed by atoms with Crippen LogP contribution in [0.1, 0.15) is 48.5 Å². The zero-order valence-electron chi connectivity index (χ0n) is 25.1. The maximum absolute atomic E-state index is 12.2. The standard InChI is InChI=1S/C26H36O18/c1-10(27)35-8-17-20(21(38-13(4)30)23(25(34)42-17)40-15(6)32)44-26-24(41-16(7)33)22(39-14(5)31)19(37-12(3)29)18(43-26)9-36-11(2)28/h17-26,34H,8-9H2,1-7H3/t17-,18-,19+,20+,21+,22+,23-,24-,25-,26+/m1/s1. The molecule has 248 valence electrons. The van der Waals surface area contributed by atoms with E-state index in [1.165, 1.54) is 0 Å². The summed E-state index contributed by atoms with van der Waals surface area (Å²) in [5, 5.41) is 10.6. The number of carbonyl (C=O) groups is 7. The van der Waals surface area contributed by atoms with Crippen LogP contribution in [0.15, 0.2) is 0 Å². The molecule has 0 saturated carbocycles. The van der Waals surface area contributed by atoms with E-state index in [1.54, 1.807) is 0 Å². The molecule has 0 aliphatic carbocycles. The lowest BCUT2D eigenvalue weighted by molar-refractivity contribution is -0.357. The van der Waals surface area contributed by atoms with E-state index in [0.29, 0.717) is 0 Å². The Balaban J connectivity index is 2.66. The van der Waals surface area contributed by atoms with Crippen LogP contribution in [-0.2, 0) is 80.9 Å². The number of rotatable bonds is 11. The molecule has 0 aromatic rings. The molecule has 0 bridgehead atoms. The Hall–Kier alpha value is -3.87. The van der Waals surface area contributed by atoms with Crippen LogP contribution in [-0.4, -0.2) is 122 Å². The molecule has 2 aliphatic rings. The quantitative estimate of drug-likeness (QED) is 0.203. The average Bonchev–Trinajstić information content (AvgIpc) is 2.87. The number of carbonyl (C=O) groups excluding carboxylic acids is 7. The van der Waals surface area contributed by atoms with Gasteiger partial charge in [0, 0.05) is 48.5 Å². The molecule has 0 aromatic heterocycles. The van der Waals surface area contributed by atoms with E-state index < -0.39 is 116 Å². The number of ether oxygens (including phenoxy) is 10. The summed E-state index contributed by atoms with van der Waals surface area (Å²) < 4.78 is 54.1. The minimum absolute atomic E-state index is 0.572. The number of hydrogen-bond donors (Lipinski definition) is 1. The molecule has 0 aromatic carbocycles. The van der Waals surface area contributed by atoms with Gasteiger partial charge in [-0.3, -0.25) is 33.6 Å². The first-order chi connectivity index (χ1) is 20.5. The van der Waals surface area contributed by atoms with E-state index in [0.717, 1.165) is 48.5 Å². The Bertz CT molecular complexity index is 1090. The molecule has 0 unspecified atom stereocenters. The predicted molar refractivity (Wildman–Crippen MR) is 135 cm³/mol. The highest BCUT2D eigenvalue weighted by Gasteiger charge is 2.57. The van der Waals surface area contributed by atoms with Crippen LogP contribution >= 0.6 is 0 Å². The highest BCUT2D eigenvalue weighted by Crippen LogP contribution is 2.34. The fourth-order valence-electron chi connectivity index (χ4n) is 4.49. The van der Waals surface area contributed by atoms with Gasteiger partial charge in [-0.25, -0.2) is 0 Å². The third-order valence-electron chi connectivity index (χ3n) is 5.90. The number of esters is 7. The van der Waals surface area contributed by atoms with Crippen LogP contribution in [0.25, 0.3) is 0 Å². The van der Waals surface area contributed by atoms with E-state index in [2.05, 4.69) is 0 Å². The van der Waals surface area contributed by atoms with Crippen LogP contribution in [0.5, 0.6) is 0 Å². The molecule has 2 aliphatic heterocycles. The van der Waals surface area contributed by atoms with E-state index in [4.69, 9.17) is 47.4 Å². The summed E-state index contributed by atoms with van der Waals surface area (Å²) in [4.78, 5) is 83.5. The predicted octanol–water partition coefficient (Wildman–Crippen LogP) is -1.40. The van der Waals surface area contributed by atoms with Crippen LogP contribution in [0, 0.1) is 0 Å². The summed E-state index contributed by atoms with van der Waals surface area (Å²) in [6.45, 7) is 6.11. The highest BCUT2D eigenvalue weighted by molar-refractivity contribution is 5.69. The molecular formula is C26H36O18. The number of aliphatic hydroxyl groups excluding tert-OH is 1. The fourth-order valence-corrected chi connectivity index (χ4v) is 4.49. The van der Waals surface area contributed by atoms with Gasteiger partial charge in [0.1, 0.15) is 31.5 Å². The Morgan fingerprint density at radius 3 is 1.27 bits per heavy atom. The third-order valence-corrected chi connectivity index (χ3v) is 5.90. The summed E-state index contributed by atoms with van der Waals surface area (Å²) >= 11 is 0. The second-order valence-corrected chi connectivity index (χ2v) is 9.68. The highest BCUT2D eigenvalue weighted by atomic mass is 16.8. The number of aliphatic hydroxyl groups is 1. The molecule has 18 nitrogen and oxygen atoms in total. The van der Waals surface area contributed by atoms with Crippen molar-refractivity contribution in [2.75, 3.05) is 13.2 Å². The average molecular weight is 637 g/mol. The molecule has 0 spiro atoms. The Kier molecular flexibility index (Phi) is 13.4. The summed E-state index contributed by atoms with van der Waals surface area (Å²) in [5.74, 6) is -6.03. The summed E-state index contributed by atoms with van der Waals surface area (Å²) in [6, 6.07) is 0. The van der Waals surface area contributed by atoms with Gasteiger partial charge in [-0.05, 0) is 0 Å². The van der Waals surface area contributed by atoms with Crippen molar-refractivity contribution >= 4 is 41.8 Å². The fraction of sp³-hybridized carbons (Fsp3) is 0.731. The van der Waals surface area contributed by atoms with Crippen molar-refractivity contribution in [3.8, 4) is 0 Å². The third kappa shape index (κ3) is 10.7. The second-order valence-electron chi connectivity index (χ2n) is 9.68. The van der Waals surface area contributed by atoms with Gasteiger partial charge in [0.25, 0.3) is 0 Å². The zero-order valence-corrected chi connectivity index (χ0v) is 25.1. The van der Waals surface area contributed by atoms with Gasteiger partial charge < -0.3 is 52.5 Å². The summed E-state index contributed by atoms with van der Waals surface area (Å²) in [5.41, 5.74) is 0. The van der Waals surface area contributed by atoms with Crippen molar-refractivity contribution in [1.82, 2.24) is 0 Å². The maximum Gasteiger partial charge on any atom is 0.303 e. The van der Waals surface area contributed by atoms with Crippen molar-refractivity contribution in [1.29, 1.82) is 0 Å². The lowest BCUT2D eigenvalue weighted by atomic mass is 9.96. The van der Waals surface area contributed by atoms with Crippen LogP contribution in [0.2, 0.25) is 0 Å². The van der Waals surface area contributed by atoms with E-state index >= 15 is 0 Å². The molecule has 2 rings (SSSR count). The van der Waals surface area contributed by atoms with Crippen molar-refractivity contribution < 1.29 is 86.0 Å². The normalized spacial score (nSPS) is 31.5. The van der Waals surface area contributed by atoms with Gasteiger partial charge >= 0.3 is 41.8 Å². The first kappa shape index (κ1) is 36.3. The van der Waals surface area contributed by atoms with Crippen molar-refractivity contribution in [3.05, 3.63) is 0 Å². The van der Waals surface area contributed by atoms with E-state index in [1.807, 2.05) is 0 Å². The number of hydrogen-bond acceptors (Lipinski definition) is 18. The van der Waals surface area contributed by atoms with Gasteiger partial charge in [0.05, 0.1) is 0 Å². The topological polar surface area (TPSA) is 232 Å². The Morgan fingerprint density at radius 2 is 0.841 bits per heavy atom. The lowest BCUT2D eigenvalue weighted by Crippen LogP contribution is -2.67. The van der Waals surface area contributed by atoms with Crippen molar-refractivity contribution in [2.24, 2.45) is 0 Å². The van der Waals surface area contributed by atoms with Crippen molar-refractivity contribution in [2.45, 2.75) is 110 Å². The van der Waals surface area contributed by atoms with E-state index in [-0.39, 0.29) is 0 Å². The minimum Gasteiger partial charge on any atom is -0.463 e. The van der Waals surface area contributed by atoms with Crippen LogP contribution in [0.4, 0.5) is 0 Å².